The molecule has 86 valence electrons. The van der Waals surface area contributed by atoms with E-state index in [1.54, 1.807) is 0 Å². The first-order valence-electron chi connectivity index (χ1n) is 4.36. The van der Waals surface area contributed by atoms with Crippen molar-refractivity contribution in [3.8, 4) is 0 Å². The maximum absolute atomic E-state index is 10.1. The predicted octanol–water partition coefficient (Wildman–Crippen LogP) is 0.425. The number of hydrogen-bond donors (Lipinski definition) is 1. The van der Waals surface area contributed by atoms with Gasteiger partial charge in [0.05, 0.1) is 26.4 Å². The maximum Gasteiger partial charge on any atom is 0.404 e. The Bertz CT molecular complexity index is 209. The lowest BCUT2D eigenvalue weighted by atomic mass is 10.7. The number of carbonyl (C=O) groups is 1. The van der Waals surface area contributed by atoms with E-state index in [9.17, 15) is 4.79 Å². The van der Waals surface area contributed by atoms with E-state index in [0.29, 0.717) is 26.4 Å². The minimum Gasteiger partial charge on any atom is -0.447 e. The summed E-state index contributed by atoms with van der Waals surface area (Å²) in [5, 5.41) is 3.28. The topological polar surface area (TPSA) is 120 Å². The first kappa shape index (κ1) is 13.5. The zero-order valence-corrected chi connectivity index (χ0v) is 8.29. The summed E-state index contributed by atoms with van der Waals surface area (Å²) in [6.45, 7) is 1.87. The van der Waals surface area contributed by atoms with Crippen LogP contribution in [0.2, 0.25) is 0 Å². The number of amides is 1. The molecule has 0 unspecified atom stereocenters. The molecular weight excluding hydrogens is 204 g/mol. The van der Waals surface area contributed by atoms with Gasteiger partial charge in [-0.1, -0.05) is 5.11 Å². The quantitative estimate of drug-likeness (QED) is 0.261. The van der Waals surface area contributed by atoms with Gasteiger partial charge in [0.2, 0.25) is 0 Å². The molecular formula is C7H14N4O4. The van der Waals surface area contributed by atoms with Crippen LogP contribution in [0.4, 0.5) is 4.79 Å². The lowest BCUT2D eigenvalue weighted by molar-refractivity contribution is 0.0313. The number of carbonyl (C=O) groups excluding carboxylic acids is 1. The van der Waals surface area contributed by atoms with Crippen LogP contribution in [0.5, 0.6) is 0 Å². The fraction of sp³-hybridized carbons (Fsp3) is 0.857. The van der Waals surface area contributed by atoms with Gasteiger partial charge in [0.15, 0.2) is 0 Å². The zero-order chi connectivity index (χ0) is 11.4. The molecule has 0 aliphatic rings. The molecule has 8 nitrogen and oxygen atoms in total. The highest BCUT2D eigenvalue weighted by molar-refractivity contribution is 5.64. The van der Waals surface area contributed by atoms with Crippen LogP contribution in [0.1, 0.15) is 0 Å². The van der Waals surface area contributed by atoms with E-state index in [2.05, 4.69) is 14.8 Å². The van der Waals surface area contributed by atoms with Gasteiger partial charge in [0.1, 0.15) is 6.61 Å². The molecule has 0 aromatic rings. The summed E-state index contributed by atoms with van der Waals surface area (Å²) in [6, 6.07) is 0. The van der Waals surface area contributed by atoms with Gasteiger partial charge in [0.25, 0.3) is 0 Å². The van der Waals surface area contributed by atoms with Crippen LogP contribution in [0.25, 0.3) is 10.4 Å². The number of rotatable bonds is 9. The highest BCUT2D eigenvalue weighted by atomic mass is 16.6. The molecule has 15 heavy (non-hydrogen) atoms. The van der Waals surface area contributed by atoms with E-state index >= 15 is 0 Å². The monoisotopic (exact) mass is 218 g/mol. The van der Waals surface area contributed by atoms with Crippen molar-refractivity contribution in [3.05, 3.63) is 10.4 Å². The number of nitrogens with zero attached hydrogens (tertiary/aromatic N) is 3. The normalized spacial score (nSPS) is 9.33. The molecule has 0 aliphatic heterocycles. The molecule has 0 aliphatic carbocycles. The minimum atomic E-state index is -0.816. The highest BCUT2D eigenvalue weighted by Crippen LogP contribution is 1.81. The Kier molecular flexibility index (Phi) is 9.52. The fourth-order valence-electron chi connectivity index (χ4n) is 0.673. The van der Waals surface area contributed by atoms with Crippen molar-refractivity contribution in [2.75, 3.05) is 39.6 Å². The molecule has 1 amide bonds. The fourth-order valence-corrected chi connectivity index (χ4v) is 0.673. The second-order valence-corrected chi connectivity index (χ2v) is 2.35. The molecule has 0 spiro atoms. The van der Waals surface area contributed by atoms with E-state index in [0.717, 1.165) is 0 Å². The summed E-state index contributed by atoms with van der Waals surface area (Å²) in [5.74, 6) is 0. The Hall–Kier alpha value is -1.50. The second kappa shape index (κ2) is 10.6. The minimum absolute atomic E-state index is 0.133. The highest BCUT2D eigenvalue weighted by Gasteiger charge is 1.93. The van der Waals surface area contributed by atoms with Gasteiger partial charge in [-0.25, -0.2) is 4.79 Å². The van der Waals surface area contributed by atoms with Crippen molar-refractivity contribution in [2.24, 2.45) is 10.8 Å². The molecule has 0 rings (SSSR count). The van der Waals surface area contributed by atoms with Crippen LogP contribution < -0.4 is 5.73 Å². The van der Waals surface area contributed by atoms with Gasteiger partial charge < -0.3 is 19.9 Å². The maximum atomic E-state index is 10.1. The Morgan fingerprint density at radius 1 is 1.20 bits per heavy atom. The van der Waals surface area contributed by atoms with Crippen LogP contribution in [-0.2, 0) is 14.2 Å². The molecule has 0 radical (unpaired) electrons. The lowest BCUT2D eigenvalue weighted by Crippen LogP contribution is -2.17. The standard InChI is InChI=1S/C7H14N4O4/c8-7(12)15-6-5-14-4-3-13-2-1-10-11-9/h1-6H2,(H2,8,12). The summed E-state index contributed by atoms with van der Waals surface area (Å²) < 4.78 is 14.5. The first-order valence-corrected chi connectivity index (χ1v) is 4.36. The summed E-state index contributed by atoms with van der Waals surface area (Å²) in [4.78, 5) is 12.7. The van der Waals surface area contributed by atoms with Crippen molar-refractivity contribution in [2.45, 2.75) is 0 Å². The molecule has 0 saturated heterocycles. The molecule has 0 aromatic heterocycles. The zero-order valence-electron chi connectivity index (χ0n) is 8.29. The van der Waals surface area contributed by atoms with Crippen LogP contribution in [-0.4, -0.2) is 45.7 Å². The van der Waals surface area contributed by atoms with Gasteiger partial charge in [-0.2, -0.15) is 0 Å². The number of primary amides is 1. The number of azide groups is 1. The molecule has 0 bridgehead atoms. The summed E-state index contributed by atoms with van der Waals surface area (Å²) in [7, 11) is 0. The Morgan fingerprint density at radius 3 is 2.40 bits per heavy atom. The van der Waals surface area contributed by atoms with Crippen molar-refractivity contribution in [3.63, 3.8) is 0 Å². The van der Waals surface area contributed by atoms with E-state index < -0.39 is 6.09 Å². The van der Waals surface area contributed by atoms with E-state index in [1.807, 2.05) is 0 Å². The third kappa shape index (κ3) is 12.5. The van der Waals surface area contributed by atoms with E-state index in [-0.39, 0.29) is 13.2 Å². The van der Waals surface area contributed by atoms with E-state index in [1.165, 1.54) is 0 Å². The average molecular weight is 218 g/mol. The Labute approximate surface area is 86.9 Å². The second-order valence-electron chi connectivity index (χ2n) is 2.35. The third-order valence-electron chi connectivity index (χ3n) is 1.24. The molecule has 0 atom stereocenters. The van der Waals surface area contributed by atoms with Crippen LogP contribution in [0.3, 0.4) is 0 Å². The largest absolute Gasteiger partial charge is 0.447 e. The van der Waals surface area contributed by atoms with Crippen LogP contribution in [0.15, 0.2) is 5.11 Å². The average Bonchev–Trinajstić information content (AvgIpc) is 2.20. The molecule has 0 heterocycles. The Balaban J connectivity index is 2.98. The van der Waals surface area contributed by atoms with E-state index in [4.69, 9.17) is 20.7 Å². The summed E-state index contributed by atoms with van der Waals surface area (Å²) in [6.07, 6.45) is -0.816. The SMILES string of the molecule is [N-]=[N+]=NCCOCCOCCOC(N)=O. The molecule has 0 saturated carbocycles. The summed E-state index contributed by atoms with van der Waals surface area (Å²) in [5.41, 5.74) is 12.7. The van der Waals surface area contributed by atoms with Gasteiger partial charge in [0, 0.05) is 11.5 Å². The summed E-state index contributed by atoms with van der Waals surface area (Å²) >= 11 is 0. The van der Waals surface area contributed by atoms with Gasteiger partial charge >= 0.3 is 6.09 Å². The molecule has 0 aromatic carbocycles. The number of hydrogen-bond acceptors (Lipinski definition) is 5. The van der Waals surface area contributed by atoms with Crippen molar-refractivity contribution in [1.29, 1.82) is 0 Å². The van der Waals surface area contributed by atoms with Crippen molar-refractivity contribution >= 4 is 6.09 Å². The Morgan fingerprint density at radius 2 is 1.80 bits per heavy atom. The third-order valence-corrected chi connectivity index (χ3v) is 1.24. The van der Waals surface area contributed by atoms with Crippen LogP contribution in [0, 0.1) is 0 Å². The van der Waals surface area contributed by atoms with Gasteiger partial charge in [-0.3, -0.25) is 0 Å². The first-order chi connectivity index (χ1) is 7.27. The van der Waals surface area contributed by atoms with Crippen molar-refractivity contribution in [1.82, 2.24) is 0 Å². The molecule has 2 N–H and O–H groups in total. The molecule has 8 heteroatoms. The smallest absolute Gasteiger partial charge is 0.404 e. The van der Waals surface area contributed by atoms with Crippen molar-refractivity contribution < 1.29 is 19.0 Å². The van der Waals surface area contributed by atoms with Gasteiger partial charge in [-0.15, -0.1) is 0 Å². The molecule has 0 fully saturated rings. The predicted molar refractivity (Wildman–Crippen MR) is 51.2 cm³/mol. The van der Waals surface area contributed by atoms with Crippen LogP contribution >= 0.6 is 0 Å². The number of ether oxygens (including phenoxy) is 3. The lowest BCUT2D eigenvalue weighted by Gasteiger charge is -2.04. The number of nitrogens with two attached hydrogens (primary N) is 1. The van der Waals surface area contributed by atoms with Gasteiger partial charge in [-0.05, 0) is 5.53 Å².